The fraction of sp³-hybridized carbons (Fsp3) is 0.0704. The van der Waals surface area contributed by atoms with E-state index < -0.39 is 10.8 Å². The van der Waals surface area contributed by atoms with Crippen molar-refractivity contribution in [1.82, 2.24) is 0 Å². The summed E-state index contributed by atoms with van der Waals surface area (Å²) in [6.45, 7) is 4.85. The Balaban J connectivity index is 0.924. The van der Waals surface area contributed by atoms with Crippen LogP contribution in [-0.2, 0) is 16.2 Å². The molecule has 0 aliphatic heterocycles. The van der Waals surface area contributed by atoms with Crippen LogP contribution in [0.25, 0.3) is 55.6 Å². The van der Waals surface area contributed by atoms with Crippen molar-refractivity contribution in [2.75, 3.05) is 4.90 Å². The highest BCUT2D eigenvalue weighted by atomic mass is 15.1. The molecule has 11 aromatic rings. The molecule has 4 aliphatic rings. The topological polar surface area (TPSA) is 3.24 Å². The summed E-state index contributed by atoms with van der Waals surface area (Å²) in [5.74, 6) is 0. The molecule has 0 fully saturated rings. The molecule has 2 spiro atoms. The minimum absolute atomic E-state index is 0.287. The fourth-order valence-corrected chi connectivity index (χ4v) is 14.0. The monoisotopic (exact) mass is 915 g/mol. The maximum absolute atomic E-state index is 2.51. The first kappa shape index (κ1) is 41.0. The molecule has 1 heteroatoms. The molecule has 0 aromatic heterocycles. The van der Waals surface area contributed by atoms with Crippen molar-refractivity contribution in [1.29, 1.82) is 0 Å². The van der Waals surface area contributed by atoms with Crippen LogP contribution in [0.15, 0.2) is 261 Å². The lowest BCUT2D eigenvalue weighted by molar-refractivity contribution is 0.563. The van der Waals surface area contributed by atoms with Gasteiger partial charge in [0.05, 0.1) is 10.8 Å². The van der Waals surface area contributed by atoms with Crippen molar-refractivity contribution < 1.29 is 0 Å². The molecule has 0 saturated heterocycles. The Labute approximate surface area is 422 Å². The fourth-order valence-electron chi connectivity index (χ4n) is 14.0. The SMILES string of the molecule is CC1(C)c2ccccc2C2(c3ccccc3-c3ccccc32)c2ccc(N(c3ccc(-c4ccccc4)cc3)c3ccc(-c4cccc5c4C4(c6ccccc6-c6ccccc64)c4ccccc4-5)cc3)cc21. The van der Waals surface area contributed by atoms with Crippen LogP contribution < -0.4 is 4.90 Å². The van der Waals surface area contributed by atoms with Crippen LogP contribution in [0.3, 0.4) is 0 Å². The Kier molecular flexibility index (Phi) is 8.62. The summed E-state index contributed by atoms with van der Waals surface area (Å²) in [6, 6.07) is 98.3. The van der Waals surface area contributed by atoms with Crippen LogP contribution in [0.2, 0.25) is 0 Å². The third-order valence-corrected chi connectivity index (χ3v) is 17.0. The van der Waals surface area contributed by atoms with Gasteiger partial charge in [-0.25, -0.2) is 0 Å². The highest BCUT2D eigenvalue weighted by molar-refractivity contribution is 5.99. The molecule has 0 radical (unpaired) electrons. The van der Waals surface area contributed by atoms with Gasteiger partial charge in [0.1, 0.15) is 0 Å². The lowest BCUT2D eigenvalue weighted by Gasteiger charge is -2.47. The van der Waals surface area contributed by atoms with Gasteiger partial charge in [0.15, 0.2) is 0 Å². The summed E-state index contributed by atoms with van der Waals surface area (Å²) < 4.78 is 0. The van der Waals surface area contributed by atoms with Gasteiger partial charge in [0.25, 0.3) is 0 Å². The number of benzene rings is 11. The minimum atomic E-state index is -0.454. The quantitative estimate of drug-likeness (QED) is 0.166. The van der Waals surface area contributed by atoms with Crippen LogP contribution in [-0.4, -0.2) is 0 Å². The van der Waals surface area contributed by atoms with E-state index in [0.29, 0.717) is 0 Å². The van der Waals surface area contributed by atoms with Crippen LogP contribution in [0.5, 0.6) is 0 Å². The molecule has 0 amide bonds. The van der Waals surface area contributed by atoms with Crippen molar-refractivity contribution >= 4 is 17.1 Å². The van der Waals surface area contributed by atoms with E-state index in [9.17, 15) is 0 Å². The Hall–Kier alpha value is -8.78. The Morgan fingerprint density at radius 2 is 0.597 bits per heavy atom. The molecule has 0 atom stereocenters. The van der Waals surface area contributed by atoms with Gasteiger partial charge in [-0.1, -0.05) is 238 Å². The second-order valence-electron chi connectivity index (χ2n) is 20.7. The highest BCUT2D eigenvalue weighted by Gasteiger charge is 2.54. The first-order valence-electron chi connectivity index (χ1n) is 25.4. The molecule has 0 N–H and O–H groups in total. The van der Waals surface area contributed by atoms with Crippen LogP contribution >= 0.6 is 0 Å². The third kappa shape index (κ3) is 5.32. The van der Waals surface area contributed by atoms with Crippen molar-refractivity contribution in [3.05, 3.63) is 316 Å². The molecule has 1 nitrogen and oxygen atoms in total. The zero-order chi connectivity index (χ0) is 47.8. The zero-order valence-electron chi connectivity index (χ0n) is 40.3. The molecule has 0 bridgehead atoms. The molecule has 4 aliphatic carbocycles. The second kappa shape index (κ2) is 15.1. The maximum atomic E-state index is 2.51. The second-order valence-corrected chi connectivity index (χ2v) is 20.7. The standard InChI is InChI=1S/C71H49N/c1-69(2)64-33-16-17-34-65(64)70(59-28-11-6-21-53(59)54-22-7-12-29-60(54)70)66-44-43-51(45-67(66)69)72(49-39-35-47(36-40-49)46-19-4-3-5-20-46)50-41-37-48(38-42-50)52-26-18-27-58-57-25-10-15-32-63(57)71(68(52)58)61-30-13-8-23-55(61)56-24-9-14-31-62(56)71/h3-45H,1-2H3. The molecular formula is C71H49N. The van der Waals surface area contributed by atoms with E-state index in [1.807, 2.05) is 0 Å². The molecule has 11 aromatic carbocycles. The van der Waals surface area contributed by atoms with E-state index in [1.165, 1.54) is 111 Å². The summed E-state index contributed by atoms with van der Waals surface area (Å²) >= 11 is 0. The number of nitrogens with zero attached hydrogens (tertiary/aromatic N) is 1. The average Bonchev–Trinajstić information content (AvgIpc) is 4.05. The van der Waals surface area contributed by atoms with Gasteiger partial charge >= 0.3 is 0 Å². The van der Waals surface area contributed by atoms with Gasteiger partial charge in [0, 0.05) is 22.5 Å². The van der Waals surface area contributed by atoms with Crippen molar-refractivity contribution in [2.45, 2.75) is 30.1 Å². The summed E-state index contributed by atoms with van der Waals surface area (Å²) in [4.78, 5) is 2.47. The molecule has 338 valence electrons. The smallest absolute Gasteiger partial charge is 0.0731 e. The van der Waals surface area contributed by atoms with Crippen LogP contribution in [0, 0.1) is 0 Å². The Morgan fingerprint density at radius 3 is 1.12 bits per heavy atom. The van der Waals surface area contributed by atoms with Gasteiger partial charge in [-0.05, 0) is 148 Å². The first-order valence-corrected chi connectivity index (χ1v) is 25.4. The molecule has 0 heterocycles. The predicted molar refractivity (Wildman–Crippen MR) is 298 cm³/mol. The number of rotatable bonds is 5. The lowest BCUT2D eigenvalue weighted by atomic mass is 9.55. The Bertz CT molecular complexity index is 3900. The number of anilines is 3. The summed E-state index contributed by atoms with van der Waals surface area (Å²) in [7, 11) is 0. The van der Waals surface area contributed by atoms with E-state index in [4.69, 9.17) is 0 Å². The normalized spacial score (nSPS) is 14.9. The van der Waals surface area contributed by atoms with Gasteiger partial charge < -0.3 is 4.90 Å². The number of fused-ring (bicyclic) bond motifs is 19. The average molecular weight is 916 g/mol. The van der Waals surface area contributed by atoms with E-state index in [0.717, 1.165) is 17.1 Å². The molecule has 0 saturated carbocycles. The van der Waals surface area contributed by atoms with E-state index in [2.05, 4.69) is 280 Å². The zero-order valence-corrected chi connectivity index (χ0v) is 40.3. The molecule has 0 unspecified atom stereocenters. The van der Waals surface area contributed by atoms with Gasteiger partial charge in [0.2, 0.25) is 0 Å². The summed E-state index contributed by atoms with van der Waals surface area (Å²) in [6.07, 6.45) is 0. The van der Waals surface area contributed by atoms with E-state index in [1.54, 1.807) is 0 Å². The summed E-state index contributed by atoms with van der Waals surface area (Å²) in [5.41, 5.74) is 28.5. The number of hydrogen-bond donors (Lipinski definition) is 0. The van der Waals surface area contributed by atoms with Gasteiger partial charge in [-0.3, -0.25) is 0 Å². The van der Waals surface area contributed by atoms with Crippen molar-refractivity contribution in [2.24, 2.45) is 0 Å². The van der Waals surface area contributed by atoms with E-state index >= 15 is 0 Å². The highest BCUT2D eigenvalue weighted by Crippen LogP contribution is 2.65. The lowest BCUT2D eigenvalue weighted by Crippen LogP contribution is -2.40. The molecular weight excluding hydrogens is 867 g/mol. The van der Waals surface area contributed by atoms with Crippen molar-refractivity contribution in [3.8, 4) is 55.6 Å². The minimum Gasteiger partial charge on any atom is -0.310 e. The van der Waals surface area contributed by atoms with Crippen LogP contribution in [0.4, 0.5) is 17.1 Å². The molecule has 15 rings (SSSR count). The van der Waals surface area contributed by atoms with Gasteiger partial charge in [-0.15, -0.1) is 0 Å². The first-order chi connectivity index (χ1) is 35.5. The van der Waals surface area contributed by atoms with Crippen molar-refractivity contribution in [3.63, 3.8) is 0 Å². The summed E-state index contributed by atoms with van der Waals surface area (Å²) in [5, 5.41) is 0. The van der Waals surface area contributed by atoms with E-state index in [-0.39, 0.29) is 5.41 Å². The maximum Gasteiger partial charge on any atom is 0.0731 e. The Morgan fingerprint density at radius 1 is 0.236 bits per heavy atom. The largest absolute Gasteiger partial charge is 0.310 e. The number of hydrogen-bond acceptors (Lipinski definition) is 1. The molecule has 72 heavy (non-hydrogen) atoms. The third-order valence-electron chi connectivity index (χ3n) is 17.0. The predicted octanol–water partition coefficient (Wildman–Crippen LogP) is 17.8. The van der Waals surface area contributed by atoms with Gasteiger partial charge in [-0.2, -0.15) is 0 Å². The van der Waals surface area contributed by atoms with Crippen LogP contribution in [0.1, 0.15) is 69.5 Å².